The minimum atomic E-state index is 0.118. The van der Waals surface area contributed by atoms with Gasteiger partial charge in [-0.3, -0.25) is 14.5 Å². The number of thioether (sulfide) groups is 1. The van der Waals surface area contributed by atoms with Crippen LogP contribution in [0.15, 0.2) is 33.6 Å². The molecular formula is C18H24BrN3O2S. The Morgan fingerprint density at radius 2 is 1.88 bits per heavy atom. The fourth-order valence-electron chi connectivity index (χ4n) is 2.83. The highest BCUT2D eigenvalue weighted by Crippen LogP contribution is 2.27. The van der Waals surface area contributed by atoms with Crippen LogP contribution in [0.2, 0.25) is 0 Å². The molecule has 3 rings (SSSR count). The van der Waals surface area contributed by atoms with Gasteiger partial charge in [0.2, 0.25) is 11.8 Å². The van der Waals surface area contributed by atoms with E-state index in [1.165, 1.54) is 4.90 Å². The lowest BCUT2D eigenvalue weighted by atomic mass is 10.3. The monoisotopic (exact) mass is 425 g/mol. The van der Waals surface area contributed by atoms with Crippen molar-refractivity contribution in [2.75, 3.05) is 38.5 Å². The number of rotatable bonds is 7. The summed E-state index contributed by atoms with van der Waals surface area (Å²) in [6, 6.07) is 8.49. The Morgan fingerprint density at radius 1 is 1.16 bits per heavy atom. The molecule has 2 amide bonds. The molecule has 1 N–H and O–H groups in total. The van der Waals surface area contributed by atoms with Gasteiger partial charge in [-0.2, -0.15) is 0 Å². The van der Waals surface area contributed by atoms with Crippen LogP contribution in [0.5, 0.6) is 0 Å². The molecule has 1 aromatic carbocycles. The maximum atomic E-state index is 12.4. The zero-order chi connectivity index (χ0) is 17.6. The van der Waals surface area contributed by atoms with Crippen LogP contribution in [-0.4, -0.2) is 66.1 Å². The largest absolute Gasteiger partial charge is 0.352 e. The molecule has 0 bridgehead atoms. The molecule has 1 saturated carbocycles. The van der Waals surface area contributed by atoms with Crippen molar-refractivity contribution in [2.24, 2.45) is 0 Å². The van der Waals surface area contributed by atoms with Crippen molar-refractivity contribution < 1.29 is 9.59 Å². The van der Waals surface area contributed by atoms with Crippen LogP contribution < -0.4 is 5.32 Å². The van der Waals surface area contributed by atoms with Crippen molar-refractivity contribution in [3.63, 3.8) is 0 Å². The zero-order valence-electron chi connectivity index (χ0n) is 14.2. The molecule has 0 aromatic heterocycles. The molecule has 0 spiro atoms. The average Bonchev–Trinajstić information content (AvgIpc) is 3.41. The molecule has 5 nitrogen and oxygen atoms in total. The molecule has 2 fully saturated rings. The van der Waals surface area contributed by atoms with Crippen molar-refractivity contribution >= 4 is 39.5 Å². The van der Waals surface area contributed by atoms with E-state index in [1.54, 1.807) is 11.8 Å². The van der Waals surface area contributed by atoms with Crippen LogP contribution in [0.25, 0.3) is 0 Å². The van der Waals surface area contributed by atoms with Gasteiger partial charge in [0, 0.05) is 53.8 Å². The predicted octanol–water partition coefficient (Wildman–Crippen LogP) is 2.35. The molecule has 1 aromatic rings. The number of benzene rings is 1. The van der Waals surface area contributed by atoms with Gasteiger partial charge in [-0.15, -0.1) is 11.8 Å². The zero-order valence-corrected chi connectivity index (χ0v) is 16.7. The number of hydrogen-bond donors (Lipinski definition) is 1. The summed E-state index contributed by atoms with van der Waals surface area (Å²) in [7, 11) is 0. The van der Waals surface area contributed by atoms with Crippen LogP contribution in [0.3, 0.4) is 0 Å². The van der Waals surface area contributed by atoms with Gasteiger partial charge >= 0.3 is 0 Å². The average molecular weight is 426 g/mol. The SMILES string of the molecule is O=C(CN1CCN(C(=O)CCSc2ccccc2Br)CC1)NC1CC1. The fraction of sp³-hybridized carbons (Fsp3) is 0.556. The van der Waals surface area contributed by atoms with E-state index in [-0.39, 0.29) is 11.8 Å². The molecule has 136 valence electrons. The number of piperazine rings is 1. The summed E-state index contributed by atoms with van der Waals surface area (Å²) in [6.07, 6.45) is 2.78. The van der Waals surface area contributed by atoms with E-state index in [9.17, 15) is 9.59 Å². The van der Waals surface area contributed by atoms with Gasteiger partial charge in [-0.1, -0.05) is 12.1 Å². The highest BCUT2D eigenvalue weighted by atomic mass is 79.9. The van der Waals surface area contributed by atoms with Gasteiger partial charge in [0.25, 0.3) is 0 Å². The summed E-state index contributed by atoms with van der Waals surface area (Å²) in [5.74, 6) is 1.11. The molecule has 0 unspecified atom stereocenters. The molecule has 0 atom stereocenters. The molecule has 7 heteroatoms. The minimum Gasteiger partial charge on any atom is -0.352 e. The third-order valence-corrected chi connectivity index (χ3v) is 6.47. The third kappa shape index (κ3) is 6.01. The van der Waals surface area contributed by atoms with E-state index in [2.05, 4.69) is 32.2 Å². The Kier molecular flexibility index (Phi) is 6.78. The van der Waals surface area contributed by atoms with Gasteiger partial charge in [-0.25, -0.2) is 0 Å². The van der Waals surface area contributed by atoms with Crippen LogP contribution >= 0.6 is 27.7 Å². The van der Waals surface area contributed by atoms with Crippen molar-refractivity contribution in [3.8, 4) is 0 Å². The highest BCUT2D eigenvalue weighted by Gasteiger charge is 2.26. The lowest BCUT2D eigenvalue weighted by Gasteiger charge is -2.34. The summed E-state index contributed by atoms with van der Waals surface area (Å²) < 4.78 is 1.07. The van der Waals surface area contributed by atoms with E-state index in [1.807, 2.05) is 23.1 Å². The molecule has 1 aliphatic carbocycles. The first kappa shape index (κ1) is 18.7. The predicted molar refractivity (Wildman–Crippen MR) is 104 cm³/mol. The molecule has 0 radical (unpaired) electrons. The summed E-state index contributed by atoms with van der Waals surface area (Å²) in [6.45, 7) is 3.45. The molecule has 1 heterocycles. The van der Waals surface area contributed by atoms with E-state index >= 15 is 0 Å². The van der Waals surface area contributed by atoms with E-state index in [0.29, 0.717) is 19.0 Å². The minimum absolute atomic E-state index is 0.118. The highest BCUT2D eigenvalue weighted by molar-refractivity contribution is 9.10. The number of amides is 2. The molecule has 2 aliphatic rings. The van der Waals surface area contributed by atoms with Gasteiger partial charge in [0.05, 0.1) is 6.54 Å². The van der Waals surface area contributed by atoms with Gasteiger partial charge < -0.3 is 10.2 Å². The Bertz CT molecular complexity index is 616. The molecule has 1 saturated heterocycles. The maximum absolute atomic E-state index is 12.4. The Morgan fingerprint density at radius 3 is 2.56 bits per heavy atom. The molecular weight excluding hydrogens is 402 g/mol. The fourth-order valence-corrected chi connectivity index (χ4v) is 4.33. The van der Waals surface area contributed by atoms with Crippen LogP contribution in [-0.2, 0) is 9.59 Å². The second-order valence-electron chi connectivity index (χ2n) is 6.53. The first-order valence-corrected chi connectivity index (χ1v) is 10.6. The first-order chi connectivity index (χ1) is 12.1. The lowest BCUT2D eigenvalue weighted by Crippen LogP contribution is -2.51. The standard InChI is InChI=1S/C18H24BrN3O2S/c19-15-3-1-2-4-16(15)25-12-7-18(24)22-10-8-21(9-11-22)13-17(23)20-14-5-6-14/h1-4,14H,5-13H2,(H,20,23). The number of nitrogens with zero attached hydrogens (tertiary/aromatic N) is 2. The van der Waals surface area contributed by atoms with E-state index in [0.717, 1.165) is 49.2 Å². The van der Waals surface area contributed by atoms with E-state index in [4.69, 9.17) is 0 Å². The van der Waals surface area contributed by atoms with E-state index < -0.39 is 0 Å². The smallest absolute Gasteiger partial charge is 0.234 e. The van der Waals surface area contributed by atoms with Crippen molar-refractivity contribution in [1.29, 1.82) is 0 Å². The summed E-state index contributed by atoms with van der Waals surface area (Å²) in [5, 5.41) is 3.02. The van der Waals surface area contributed by atoms with Crippen molar-refractivity contribution in [3.05, 3.63) is 28.7 Å². The number of carbonyl (C=O) groups is 2. The van der Waals surface area contributed by atoms with Crippen LogP contribution in [0.1, 0.15) is 19.3 Å². The summed E-state index contributed by atoms with van der Waals surface area (Å²) in [5.41, 5.74) is 0. The summed E-state index contributed by atoms with van der Waals surface area (Å²) in [4.78, 5) is 29.4. The number of nitrogens with one attached hydrogen (secondary N) is 1. The van der Waals surface area contributed by atoms with Gasteiger partial charge in [0.1, 0.15) is 0 Å². The Labute approximate surface area is 161 Å². The Balaban J connectivity index is 1.33. The first-order valence-electron chi connectivity index (χ1n) is 8.78. The summed E-state index contributed by atoms with van der Waals surface area (Å²) >= 11 is 5.23. The maximum Gasteiger partial charge on any atom is 0.234 e. The van der Waals surface area contributed by atoms with Crippen LogP contribution in [0.4, 0.5) is 0 Å². The second kappa shape index (κ2) is 9.05. The number of halogens is 1. The normalized spacial score (nSPS) is 18.2. The van der Waals surface area contributed by atoms with Crippen molar-refractivity contribution in [2.45, 2.75) is 30.2 Å². The lowest BCUT2D eigenvalue weighted by molar-refractivity contribution is -0.132. The van der Waals surface area contributed by atoms with Gasteiger partial charge in [0.15, 0.2) is 0 Å². The second-order valence-corrected chi connectivity index (χ2v) is 8.52. The number of carbonyl (C=O) groups excluding carboxylic acids is 2. The van der Waals surface area contributed by atoms with Crippen molar-refractivity contribution in [1.82, 2.24) is 15.1 Å². The third-order valence-electron chi connectivity index (χ3n) is 4.44. The van der Waals surface area contributed by atoms with Gasteiger partial charge in [-0.05, 0) is 40.9 Å². The topological polar surface area (TPSA) is 52.7 Å². The van der Waals surface area contributed by atoms with Crippen LogP contribution in [0, 0.1) is 0 Å². The molecule has 25 heavy (non-hydrogen) atoms. The quantitative estimate of drug-likeness (QED) is 0.681. The number of hydrogen-bond acceptors (Lipinski definition) is 4. The molecule has 1 aliphatic heterocycles. The Hall–Kier alpha value is -1.05.